The molecule has 150 valence electrons. The van der Waals surface area contributed by atoms with E-state index in [2.05, 4.69) is 20.8 Å². The molecule has 0 saturated heterocycles. The standard InChI is InChI=1S/C23H34O4/c1-17(26-15-14-18-8-6-5-7-9-18)27-16-21(22(24)25)19-10-12-20(13-11-19)23(2,3)4/h5-9,14-15,17,19-21H,10-13,16H2,1-4H3,(H,24,25). The summed E-state index contributed by atoms with van der Waals surface area (Å²) in [5, 5.41) is 9.65. The van der Waals surface area contributed by atoms with Gasteiger partial charge in [0.15, 0.2) is 6.29 Å². The minimum Gasteiger partial charge on any atom is -0.481 e. The van der Waals surface area contributed by atoms with E-state index in [0.29, 0.717) is 11.3 Å². The van der Waals surface area contributed by atoms with Gasteiger partial charge in [-0.2, -0.15) is 0 Å². The van der Waals surface area contributed by atoms with Crippen LogP contribution in [-0.4, -0.2) is 24.0 Å². The van der Waals surface area contributed by atoms with Gasteiger partial charge in [0.05, 0.1) is 18.8 Å². The van der Waals surface area contributed by atoms with Crippen LogP contribution in [0.5, 0.6) is 0 Å². The van der Waals surface area contributed by atoms with Gasteiger partial charge in [0.1, 0.15) is 0 Å². The third kappa shape index (κ3) is 7.02. The maximum absolute atomic E-state index is 11.8. The van der Waals surface area contributed by atoms with Gasteiger partial charge in [-0.1, -0.05) is 51.1 Å². The van der Waals surface area contributed by atoms with Crippen molar-refractivity contribution < 1.29 is 19.4 Å². The molecule has 1 aromatic carbocycles. The van der Waals surface area contributed by atoms with Crippen LogP contribution in [0.3, 0.4) is 0 Å². The summed E-state index contributed by atoms with van der Waals surface area (Å²) in [6, 6.07) is 9.86. The van der Waals surface area contributed by atoms with Gasteiger partial charge in [-0.05, 0) is 61.5 Å². The minimum absolute atomic E-state index is 0.188. The van der Waals surface area contributed by atoms with Gasteiger partial charge in [0, 0.05) is 0 Å². The van der Waals surface area contributed by atoms with Crippen LogP contribution in [-0.2, 0) is 14.3 Å². The van der Waals surface area contributed by atoms with Crippen LogP contribution >= 0.6 is 0 Å². The molecular formula is C23H34O4. The van der Waals surface area contributed by atoms with Crippen LogP contribution < -0.4 is 0 Å². The van der Waals surface area contributed by atoms with Gasteiger partial charge >= 0.3 is 5.97 Å². The molecule has 0 bridgehead atoms. The first-order valence-electron chi connectivity index (χ1n) is 9.99. The van der Waals surface area contributed by atoms with Crippen molar-refractivity contribution in [1.29, 1.82) is 0 Å². The molecule has 4 heteroatoms. The van der Waals surface area contributed by atoms with Crippen LogP contribution in [0.2, 0.25) is 0 Å². The number of ether oxygens (including phenoxy) is 2. The number of hydrogen-bond acceptors (Lipinski definition) is 3. The molecule has 0 aromatic heterocycles. The maximum Gasteiger partial charge on any atom is 0.309 e. The molecule has 1 saturated carbocycles. The van der Waals surface area contributed by atoms with Crippen LogP contribution in [0.4, 0.5) is 0 Å². The van der Waals surface area contributed by atoms with Crippen molar-refractivity contribution in [3.05, 3.63) is 42.2 Å². The zero-order valence-corrected chi connectivity index (χ0v) is 17.1. The lowest BCUT2D eigenvalue weighted by molar-refractivity contribution is -0.155. The molecule has 0 aliphatic heterocycles. The Bertz CT molecular complexity index is 595. The number of carboxylic acid groups (broad SMARTS) is 1. The van der Waals surface area contributed by atoms with Crippen LogP contribution in [0.25, 0.3) is 6.08 Å². The molecule has 2 atom stereocenters. The fourth-order valence-electron chi connectivity index (χ4n) is 3.87. The Morgan fingerprint density at radius 1 is 1.19 bits per heavy atom. The Morgan fingerprint density at radius 2 is 1.81 bits per heavy atom. The third-order valence-electron chi connectivity index (χ3n) is 5.72. The van der Waals surface area contributed by atoms with Crippen LogP contribution in [0.15, 0.2) is 36.6 Å². The molecule has 27 heavy (non-hydrogen) atoms. The van der Waals surface area contributed by atoms with E-state index in [0.717, 1.165) is 31.2 Å². The summed E-state index contributed by atoms with van der Waals surface area (Å²) in [5.74, 6) is -0.362. The normalized spacial score (nSPS) is 23.1. The fraction of sp³-hybridized carbons (Fsp3) is 0.609. The predicted octanol–water partition coefficient (Wildman–Crippen LogP) is 5.59. The van der Waals surface area contributed by atoms with Crippen LogP contribution in [0, 0.1) is 23.2 Å². The average molecular weight is 375 g/mol. The van der Waals surface area contributed by atoms with Crippen LogP contribution in [0.1, 0.15) is 58.9 Å². The molecule has 1 aromatic rings. The van der Waals surface area contributed by atoms with Gasteiger partial charge < -0.3 is 14.6 Å². The maximum atomic E-state index is 11.8. The Kier molecular flexibility index (Phi) is 7.91. The summed E-state index contributed by atoms with van der Waals surface area (Å²) in [4.78, 5) is 11.8. The second kappa shape index (κ2) is 9.93. The molecule has 0 spiro atoms. The van der Waals surface area contributed by atoms with Gasteiger partial charge in [0.25, 0.3) is 0 Å². The molecule has 0 heterocycles. The smallest absolute Gasteiger partial charge is 0.309 e. The van der Waals surface area contributed by atoms with E-state index in [1.807, 2.05) is 36.4 Å². The zero-order chi connectivity index (χ0) is 19.9. The minimum atomic E-state index is -0.763. The highest BCUT2D eigenvalue weighted by atomic mass is 16.7. The van der Waals surface area contributed by atoms with Crippen molar-refractivity contribution in [2.45, 2.75) is 59.7 Å². The first-order chi connectivity index (χ1) is 12.8. The van der Waals surface area contributed by atoms with Crippen molar-refractivity contribution >= 4 is 12.0 Å². The lowest BCUT2D eigenvalue weighted by Crippen LogP contribution is -2.34. The predicted molar refractivity (Wildman–Crippen MR) is 108 cm³/mol. The number of benzene rings is 1. The van der Waals surface area contributed by atoms with E-state index in [1.165, 1.54) is 0 Å². The van der Waals surface area contributed by atoms with E-state index in [9.17, 15) is 9.90 Å². The monoisotopic (exact) mass is 374 g/mol. The summed E-state index contributed by atoms with van der Waals surface area (Å²) in [7, 11) is 0. The molecule has 1 N–H and O–H groups in total. The Balaban J connectivity index is 1.79. The molecule has 2 rings (SSSR count). The number of hydrogen-bond donors (Lipinski definition) is 1. The van der Waals surface area contributed by atoms with E-state index in [1.54, 1.807) is 13.2 Å². The molecule has 0 radical (unpaired) electrons. The van der Waals surface area contributed by atoms with Crippen molar-refractivity contribution in [3.8, 4) is 0 Å². The highest BCUT2D eigenvalue weighted by Gasteiger charge is 2.35. The van der Waals surface area contributed by atoms with Gasteiger partial charge in [-0.15, -0.1) is 0 Å². The number of carboxylic acids is 1. The summed E-state index contributed by atoms with van der Waals surface area (Å²) in [6.45, 7) is 8.82. The summed E-state index contributed by atoms with van der Waals surface area (Å²) in [5.41, 5.74) is 1.34. The van der Waals surface area contributed by atoms with Crippen molar-refractivity contribution in [3.63, 3.8) is 0 Å². The molecule has 1 aliphatic carbocycles. The highest BCUT2D eigenvalue weighted by Crippen LogP contribution is 2.42. The SMILES string of the molecule is CC(OC=Cc1ccccc1)OCC(C(=O)O)C1CCC(C(C)(C)C)CC1. The van der Waals surface area contributed by atoms with Gasteiger partial charge in [-0.3, -0.25) is 4.79 Å². The second-order valence-electron chi connectivity index (χ2n) is 8.67. The molecule has 1 fully saturated rings. The molecule has 4 nitrogen and oxygen atoms in total. The highest BCUT2D eigenvalue weighted by molar-refractivity contribution is 5.70. The lowest BCUT2D eigenvalue weighted by Gasteiger charge is -2.38. The zero-order valence-electron chi connectivity index (χ0n) is 17.1. The topological polar surface area (TPSA) is 55.8 Å². The molecule has 0 amide bonds. The van der Waals surface area contributed by atoms with E-state index >= 15 is 0 Å². The molecular weight excluding hydrogens is 340 g/mol. The Morgan fingerprint density at radius 3 is 2.37 bits per heavy atom. The second-order valence-corrected chi connectivity index (χ2v) is 8.67. The van der Waals surface area contributed by atoms with Crippen molar-refractivity contribution in [1.82, 2.24) is 0 Å². The number of rotatable bonds is 8. The summed E-state index contributed by atoms with van der Waals surface area (Å²) in [6.07, 6.45) is 7.12. The molecule has 2 unspecified atom stereocenters. The third-order valence-corrected chi connectivity index (χ3v) is 5.72. The quantitative estimate of drug-likeness (QED) is 0.476. The Labute approximate surface area is 163 Å². The van der Waals surface area contributed by atoms with Crippen molar-refractivity contribution in [2.24, 2.45) is 23.2 Å². The van der Waals surface area contributed by atoms with E-state index < -0.39 is 18.2 Å². The lowest BCUT2D eigenvalue weighted by atomic mass is 9.67. The van der Waals surface area contributed by atoms with Crippen molar-refractivity contribution in [2.75, 3.05) is 6.61 Å². The summed E-state index contributed by atoms with van der Waals surface area (Å²) < 4.78 is 11.2. The average Bonchev–Trinajstić information content (AvgIpc) is 2.62. The first-order valence-corrected chi connectivity index (χ1v) is 9.99. The number of carbonyl (C=O) groups is 1. The fourth-order valence-corrected chi connectivity index (χ4v) is 3.87. The Hall–Kier alpha value is -1.81. The largest absolute Gasteiger partial charge is 0.481 e. The van der Waals surface area contributed by atoms with E-state index in [-0.39, 0.29) is 12.5 Å². The van der Waals surface area contributed by atoms with Gasteiger partial charge in [0.2, 0.25) is 0 Å². The summed E-state index contributed by atoms with van der Waals surface area (Å²) >= 11 is 0. The first kappa shape index (κ1) is 21.5. The molecule has 1 aliphatic rings. The number of aliphatic carboxylic acids is 1. The van der Waals surface area contributed by atoms with Gasteiger partial charge in [-0.25, -0.2) is 0 Å². The van der Waals surface area contributed by atoms with E-state index in [4.69, 9.17) is 9.47 Å².